The van der Waals surface area contributed by atoms with Crippen molar-refractivity contribution in [1.82, 2.24) is 5.32 Å². The van der Waals surface area contributed by atoms with E-state index in [4.69, 9.17) is 15.2 Å². The first-order chi connectivity index (χ1) is 6.27. The number of thiocarbonyl (C=S) groups is 1. The van der Waals surface area contributed by atoms with E-state index < -0.39 is 0 Å². The Kier molecular flexibility index (Phi) is 9.41. The molecule has 0 aromatic rings. The van der Waals surface area contributed by atoms with E-state index in [1.54, 1.807) is 0 Å². The largest absolute Gasteiger partial charge is 0.379 e. The number of nitrogens with two attached hydrogens (primary N) is 1. The van der Waals surface area contributed by atoms with Gasteiger partial charge in [0.2, 0.25) is 0 Å². The number of nitrogens with one attached hydrogen (secondary N) is 1. The summed E-state index contributed by atoms with van der Waals surface area (Å²) in [7, 11) is 0. The molecule has 0 heterocycles. The van der Waals surface area contributed by atoms with Gasteiger partial charge in [-0.25, -0.2) is 0 Å². The van der Waals surface area contributed by atoms with E-state index in [0.29, 0.717) is 31.5 Å². The van der Waals surface area contributed by atoms with Gasteiger partial charge in [-0.05, 0) is 18.6 Å². The lowest BCUT2D eigenvalue weighted by molar-refractivity contribution is 0.0501. The van der Waals surface area contributed by atoms with Crippen LogP contribution in [-0.2, 0) is 9.47 Å². The van der Waals surface area contributed by atoms with Crippen molar-refractivity contribution in [3.63, 3.8) is 0 Å². The van der Waals surface area contributed by atoms with Crippen LogP contribution in [0.1, 0.15) is 13.3 Å². The van der Waals surface area contributed by atoms with Gasteiger partial charge in [-0.1, -0.05) is 6.92 Å². The lowest BCUT2D eigenvalue weighted by Crippen LogP contribution is -2.32. The molecular weight excluding hydrogens is 188 g/mol. The van der Waals surface area contributed by atoms with Gasteiger partial charge >= 0.3 is 0 Å². The SMILES string of the molecule is CCCOCCOCCNC(N)=S. The summed E-state index contributed by atoms with van der Waals surface area (Å²) in [5.74, 6) is 0. The summed E-state index contributed by atoms with van der Waals surface area (Å²) in [5.41, 5.74) is 5.21. The quantitative estimate of drug-likeness (QED) is 0.441. The number of hydrogen-bond donors (Lipinski definition) is 2. The van der Waals surface area contributed by atoms with Crippen molar-refractivity contribution < 1.29 is 9.47 Å². The molecule has 0 aromatic heterocycles. The van der Waals surface area contributed by atoms with Crippen LogP contribution in [0.4, 0.5) is 0 Å². The predicted molar refractivity (Wildman–Crippen MR) is 56.7 cm³/mol. The van der Waals surface area contributed by atoms with Gasteiger partial charge < -0.3 is 20.5 Å². The number of ether oxygens (including phenoxy) is 2. The molecule has 0 bridgehead atoms. The van der Waals surface area contributed by atoms with E-state index in [1.807, 2.05) is 0 Å². The highest BCUT2D eigenvalue weighted by atomic mass is 32.1. The van der Waals surface area contributed by atoms with Crippen LogP contribution in [0.3, 0.4) is 0 Å². The molecule has 3 N–H and O–H groups in total. The molecule has 78 valence electrons. The van der Waals surface area contributed by atoms with Gasteiger partial charge in [0.1, 0.15) is 0 Å². The second-order valence-electron chi connectivity index (χ2n) is 2.52. The molecule has 5 heteroatoms. The van der Waals surface area contributed by atoms with Crippen molar-refractivity contribution in [1.29, 1.82) is 0 Å². The van der Waals surface area contributed by atoms with Crippen LogP contribution in [0.15, 0.2) is 0 Å². The predicted octanol–water partition coefficient (Wildman–Crippen LogP) is 0.263. The summed E-state index contributed by atoms with van der Waals surface area (Å²) in [6.07, 6.45) is 1.04. The fourth-order valence-corrected chi connectivity index (χ4v) is 0.815. The molecule has 0 radical (unpaired) electrons. The average molecular weight is 206 g/mol. The van der Waals surface area contributed by atoms with Gasteiger partial charge in [0.25, 0.3) is 0 Å². The Morgan fingerprint density at radius 2 is 1.85 bits per heavy atom. The maximum Gasteiger partial charge on any atom is 0.163 e. The summed E-state index contributed by atoms with van der Waals surface area (Å²) in [5, 5.41) is 3.10. The molecule has 0 atom stereocenters. The first-order valence-electron chi connectivity index (χ1n) is 4.46. The number of hydrogen-bond acceptors (Lipinski definition) is 3. The zero-order chi connectivity index (χ0) is 9.94. The van der Waals surface area contributed by atoms with Crippen LogP contribution in [0.2, 0.25) is 0 Å². The molecule has 0 amide bonds. The van der Waals surface area contributed by atoms with Crippen molar-refractivity contribution >= 4 is 17.3 Å². The molecule has 0 rings (SSSR count). The highest BCUT2D eigenvalue weighted by Gasteiger charge is 1.89. The van der Waals surface area contributed by atoms with Gasteiger partial charge in [-0.15, -0.1) is 0 Å². The monoisotopic (exact) mass is 206 g/mol. The van der Waals surface area contributed by atoms with Crippen LogP contribution in [0, 0.1) is 0 Å². The first kappa shape index (κ1) is 12.6. The third-order valence-corrected chi connectivity index (χ3v) is 1.41. The minimum absolute atomic E-state index is 0.311. The zero-order valence-electron chi connectivity index (χ0n) is 8.04. The van der Waals surface area contributed by atoms with Crippen LogP contribution < -0.4 is 11.1 Å². The molecular formula is C8H18N2O2S. The van der Waals surface area contributed by atoms with Gasteiger partial charge in [-0.3, -0.25) is 0 Å². The number of rotatable bonds is 8. The maximum atomic E-state index is 5.23. The minimum atomic E-state index is 0.311. The van der Waals surface area contributed by atoms with Crippen LogP contribution in [0.25, 0.3) is 0 Å². The summed E-state index contributed by atoms with van der Waals surface area (Å²) < 4.78 is 10.4. The second-order valence-corrected chi connectivity index (χ2v) is 2.96. The summed E-state index contributed by atoms with van der Waals surface area (Å²) in [6, 6.07) is 0. The summed E-state index contributed by atoms with van der Waals surface area (Å²) >= 11 is 4.62. The van der Waals surface area contributed by atoms with E-state index in [9.17, 15) is 0 Å². The fraction of sp³-hybridized carbons (Fsp3) is 0.875. The fourth-order valence-electron chi connectivity index (χ4n) is 0.713. The Balaban J connectivity index is 2.87. The second kappa shape index (κ2) is 9.70. The topological polar surface area (TPSA) is 56.5 Å². The van der Waals surface area contributed by atoms with Gasteiger partial charge in [0, 0.05) is 13.2 Å². The lowest BCUT2D eigenvalue weighted by Gasteiger charge is -2.05. The normalized spacial score (nSPS) is 9.92. The Bertz CT molecular complexity index is 133. The van der Waals surface area contributed by atoms with Crippen LogP contribution >= 0.6 is 12.2 Å². The molecule has 0 unspecified atom stereocenters. The molecule has 0 saturated heterocycles. The van der Waals surface area contributed by atoms with Crippen molar-refractivity contribution in [3.05, 3.63) is 0 Å². The first-order valence-corrected chi connectivity index (χ1v) is 4.87. The van der Waals surface area contributed by atoms with E-state index in [0.717, 1.165) is 13.0 Å². The van der Waals surface area contributed by atoms with Crippen molar-refractivity contribution in [2.24, 2.45) is 5.73 Å². The molecule has 13 heavy (non-hydrogen) atoms. The van der Waals surface area contributed by atoms with E-state index >= 15 is 0 Å². The smallest absolute Gasteiger partial charge is 0.163 e. The minimum Gasteiger partial charge on any atom is -0.379 e. The van der Waals surface area contributed by atoms with E-state index in [-0.39, 0.29) is 0 Å². The van der Waals surface area contributed by atoms with Crippen LogP contribution in [0.5, 0.6) is 0 Å². The Hall–Kier alpha value is -0.390. The summed E-state index contributed by atoms with van der Waals surface area (Å²) in [6.45, 7) is 5.41. The Morgan fingerprint density at radius 1 is 1.23 bits per heavy atom. The molecule has 0 fully saturated rings. The van der Waals surface area contributed by atoms with Crippen LogP contribution in [-0.4, -0.2) is 38.1 Å². The molecule has 0 spiro atoms. The third-order valence-electron chi connectivity index (χ3n) is 1.27. The Labute approximate surface area is 84.8 Å². The van der Waals surface area contributed by atoms with Crippen molar-refractivity contribution in [2.75, 3.05) is 33.0 Å². The van der Waals surface area contributed by atoms with Crippen molar-refractivity contribution in [3.8, 4) is 0 Å². The van der Waals surface area contributed by atoms with Gasteiger partial charge in [0.15, 0.2) is 5.11 Å². The Morgan fingerprint density at radius 3 is 2.38 bits per heavy atom. The lowest BCUT2D eigenvalue weighted by atomic mass is 10.5. The van der Waals surface area contributed by atoms with Gasteiger partial charge in [0.05, 0.1) is 19.8 Å². The molecule has 0 saturated carbocycles. The molecule has 0 aliphatic rings. The zero-order valence-corrected chi connectivity index (χ0v) is 8.86. The molecule has 0 aliphatic heterocycles. The third kappa shape index (κ3) is 11.6. The highest BCUT2D eigenvalue weighted by molar-refractivity contribution is 7.80. The van der Waals surface area contributed by atoms with Gasteiger partial charge in [-0.2, -0.15) is 0 Å². The average Bonchev–Trinajstić information content (AvgIpc) is 2.09. The maximum absolute atomic E-state index is 5.23. The highest BCUT2D eigenvalue weighted by Crippen LogP contribution is 1.81. The van der Waals surface area contributed by atoms with Crippen molar-refractivity contribution in [2.45, 2.75) is 13.3 Å². The van der Waals surface area contributed by atoms with E-state index in [2.05, 4.69) is 24.5 Å². The van der Waals surface area contributed by atoms with E-state index in [1.165, 1.54) is 0 Å². The standard InChI is InChI=1S/C8H18N2O2S/c1-2-4-11-6-7-12-5-3-10-8(9)13/h2-7H2,1H3,(H3,9,10,13). The molecule has 4 nitrogen and oxygen atoms in total. The molecule has 0 aromatic carbocycles. The molecule has 0 aliphatic carbocycles. The summed E-state index contributed by atoms with van der Waals surface area (Å²) in [4.78, 5) is 0.